The van der Waals surface area contributed by atoms with E-state index < -0.39 is 5.60 Å². The first-order valence-corrected chi connectivity index (χ1v) is 8.04. The summed E-state index contributed by atoms with van der Waals surface area (Å²) in [6, 6.07) is 6.70. The summed E-state index contributed by atoms with van der Waals surface area (Å²) >= 11 is 0. The molecule has 0 fully saturated rings. The van der Waals surface area contributed by atoms with Gasteiger partial charge in [0, 0.05) is 12.6 Å². The summed E-state index contributed by atoms with van der Waals surface area (Å²) in [4.78, 5) is 0. The molecule has 0 saturated carbocycles. The Labute approximate surface area is 128 Å². The van der Waals surface area contributed by atoms with Gasteiger partial charge in [-0.15, -0.1) is 0 Å². The molecule has 2 rings (SSSR count). The molecule has 1 aliphatic rings. The number of hydrogen-bond acceptors (Lipinski definition) is 3. The van der Waals surface area contributed by atoms with Gasteiger partial charge in [0.1, 0.15) is 5.75 Å². The van der Waals surface area contributed by atoms with Crippen LogP contribution in [0.25, 0.3) is 0 Å². The fourth-order valence-corrected chi connectivity index (χ4v) is 3.42. The molecule has 0 aromatic heterocycles. The van der Waals surface area contributed by atoms with E-state index in [0.29, 0.717) is 18.5 Å². The van der Waals surface area contributed by atoms with Crippen molar-refractivity contribution in [3.8, 4) is 5.75 Å². The lowest BCUT2D eigenvalue weighted by Crippen LogP contribution is -2.41. The van der Waals surface area contributed by atoms with Crippen LogP contribution in [0.2, 0.25) is 0 Å². The molecule has 2 unspecified atom stereocenters. The lowest BCUT2D eigenvalue weighted by Gasteiger charge is -2.32. The third-order valence-electron chi connectivity index (χ3n) is 4.24. The maximum atomic E-state index is 10.5. The second-order valence-electron chi connectivity index (χ2n) is 6.99. The predicted octanol–water partition coefficient (Wildman–Crippen LogP) is 3.46. The summed E-state index contributed by atoms with van der Waals surface area (Å²) in [6.45, 7) is 6.87. The molecular formula is C18H29NO2. The van der Waals surface area contributed by atoms with Crippen molar-refractivity contribution in [1.82, 2.24) is 5.32 Å². The smallest absolute Gasteiger partial charge is 0.119 e. The maximum Gasteiger partial charge on any atom is 0.119 e. The van der Waals surface area contributed by atoms with E-state index in [4.69, 9.17) is 4.74 Å². The standard InChI is InChI=1S/C18H29NO2/c1-13(2)11-18(3,20)12-19-17-7-5-6-14-10-15(21-4)8-9-16(14)17/h8-10,13,17,19-20H,5-7,11-12H2,1-4H3. The summed E-state index contributed by atoms with van der Waals surface area (Å²) in [5, 5.41) is 14.0. The van der Waals surface area contributed by atoms with E-state index in [1.165, 1.54) is 17.5 Å². The first-order valence-electron chi connectivity index (χ1n) is 8.04. The zero-order valence-electron chi connectivity index (χ0n) is 13.8. The highest BCUT2D eigenvalue weighted by molar-refractivity contribution is 5.39. The van der Waals surface area contributed by atoms with E-state index in [1.807, 2.05) is 13.0 Å². The maximum absolute atomic E-state index is 10.5. The van der Waals surface area contributed by atoms with E-state index in [0.717, 1.165) is 25.0 Å². The molecule has 0 amide bonds. The molecule has 1 aromatic carbocycles. The molecule has 2 atom stereocenters. The molecule has 1 aliphatic carbocycles. The SMILES string of the molecule is COc1ccc2c(c1)CCCC2NCC(C)(O)CC(C)C. The fourth-order valence-electron chi connectivity index (χ4n) is 3.42. The number of fused-ring (bicyclic) bond motifs is 1. The fraction of sp³-hybridized carbons (Fsp3) is 0.667. The molecule has 2 N–H and O–H groups in total. The highest BCUT2D eigenvalue weighted by Crippen LogP contribution is 2.32. The van der Waals surface area contributed by atoms with Gasteiger partial charge >= 0.3 is 0 Å². The number of rotatable bonds is 6. The predicted molar refractivity (Wildman–Crippen MR) is 86.8 cm³/mol. The van der Waals surface area contributed by atoms with E-state index in [1.54, 1.807) is 7.11 Å². The van der Waals surface area contributed by atoms with Gasteiger partial charge in [-0.25, -0.2) is 0 Å². The van der Waals surface area contributed by atoms with Crippen LogP contribution in [-0.4, -0.2) is 24.4 Å². The Morgan fingerprint density at radius 3 is 2.86 bits per heavy atom. The van der Waals surface area contributed by atoms with Crippen molar-refractivity contribution in [2.24, 2.45) is 5.92 Å². The molecule has 1 aromatic rings. The monoisotopic (exact) mass is 291 g/mol. The minimum atomic E-state index is -0.641. The van der Waals surface area contributed by atoms with Gasteiger partial charge in [-0.3, -0.25) is 0 Å². The largest absolute Gasteiger partial charge is 0.497 e. The molecular weight excluding hydrogens is 262 g/mol. The number of benzene rings is 1. The summed E-state index contributed by atoms with van der Waals surface area (Å²) in [7, 11) is 1.71. The van der Waals surface area contributed by atoms with Crippen molar-refractivity contribution in [2.75, 3.05) is 13.7 Å². The summed E-state index contributed by atoms with van der Waals surface area (Å²) in [5.74, 6) is 1.44. The van der Waals surface area contributed by atoms with Crippen molar-refractivity contribution < 1.29 is 9.84 Å². The molecule has 0 heterocycles. The minimum absolute atomic E-state index is 0.346. The van der Waals surface area contributed by atoms with Gasteiger partial charge in [0.2, 0.25) is 0 Å². The first-order chi connectivity index (χ1) is 9.91. The number of nitrogens with one attached hydrogen (secondary N) is 1. The number of ether oxygens (including phenoxy) is 1. The second kappa shape index (κ2) is 6.80. The van der Waals surface area contributed by atoms with Crippen molar-refractivity contribution >= 4 is 0 Å². The zero-order chi connectivity index (χ0) is 15.5. The van der Waals surface area contributed by atoms with Crippen LogP contribution in [0.1, 0.15) is 57.2 Å². The molecule has 3 heteroatoms. The van der Waals surface area contributed by atoms with Crippen LogP contribution in [-0.2, 0) is 6.42 Å². The van der Waals surface area contributed by atoms with Crippen molar-refractivity contribution in [3.05, 3.63) is 29.3 Å². The summed E-state index contributed by atoms with van der Waals surface area (Å²) in [5.41, 5.74) is 2.10. The zero-order valence-corrected chi connectivity index (χ0v) is 13.8. The van der Waals surface area contributed by atoms with Gasteiger partial charge in [0.05, 0.1) is 12.7 Å². The summed E-state index contributed by atoms with van der Waals surface area (Å²) in [6.07, 6.45) is 4.26. The van der Waals surface area contributed by atoms with E-state index in [9.17, 15) is 5.11 Å². The van der Waals surface area contributed by atoms with Gasteiger partial charge in [-0.2, -0.15) is 0 Å². The van der Waals surface area contributed by atoms with Crippen LogP contribution in [0.3, 0.4) is 0 Å². The Kier molecular flexibility index (Phi) is 5.28. The second-order valence-corrected chi connectivity index (χ2v) is 6.99. The molecule has 21 heavy (non-hydrogen) atoms. The number of aliphatic hydroxyl groups is 1. The molecule has 0 radical (unpaired) electrons. The Morgan fingerprint density at radius 2 is 2.19 bits per heavy atom. The normalized spacial score (nSPS) is 21.0. The Morgan fingerprint density at radius 1 is 1.43 bits per heavy atom. The topological polar surface area (TPSA) is 41.5 Å². The van der Waals surface area contributed by atoms with Crippen LogP contribution in [0.4, 0.5) is 0 Å². The number of methoxy groups -OCH3 is 1. The van der Waals surface area contributed by atoms with Gasteiger partial charge in [-0.05, 0) is 61.8 Å². The van der Waals surface area contributed by atoms with Gasteiger partial charge in [-0.1, -0.05) is 19.9 Å². The lowest BCUT2D eigenvalue weighted by molar-refractivity contribution is 0.0353. The minimum Gasteiger partial charge on any atom is -0.497 e. The number of hydrogen-bond donors (Lipinski definition) is 2. The third-order valence-corrected chi connectivity index (χ3v) is 4.24. The van der Waals surface area contributed by atoms with Gasteiger partial charge in [0.15, 0.2) is 0 Å². The summed E-state index contributed by atoms with van der Waals surface area (Å²) < 4.78 is 5.31. The Bertz CT molecular complexity index is 468. The molecule has 0 saturated heterocycles. The van der Waals surface area contributed by atoms with Crippen LogP contribution in [0.15, 0.2) is 18.2 Å². The van der Waals surface area contributed by atoms with Crippen LogP contribution in [0.5, 0.6) is 5.75 Å². The van der Waals surface area contributed by atoms with Crippen LogP contribution >= 0.6 is 0 Å². The highest BCUT2D eigenvalue weighted by atomic mass is 16.5. The molecule has 0 bridgehead atoms. The van der Waals surface area contributed by atoms with Crippen LogP contribution < -0.4 is 10.1 Å². The molecule has 118 valence electrons. The van der Waals surface area contributed by atoms with Crippen molar-refractivity contribution in [3.63, 3.8) is 0 Å². The van der Waals surface area contributed by atoms with E-state index >= 15 is 0 Å². The highest BCUT2D eigenvalue weighted by Gasteiger charge is 2.26. The van der Waals surface area contributed by atoms with Crippen LogP contribution in [0, 0.1) is 5.92 Å². The quantitative estimate of drug-likeness (QED) is 0.843. The Balaban J connectivity index is 2.03. The first kappa shape index (κ1) is 16.3. The van der Waals surface area contributed by atoms with E-state index in [2.05, 4.69) is 31.3 Å². The van der Waals surface area contributed by atoms with Crippen molar-refractivity contribution in [2.45, 2.75) is 58.1 Å². The molecule has 0 aliphatic heterocycles. The number of aryl methyl sites for hydroxylation is 1. The van der Waals surface area contributed by atoms with Crippen molar-refractivity contribution in [1.29, 1.82) is 0 Å². The van der Waals surface area contributed by atoms with E-state index in [-0.39, 0.29) is 0 Å². The average molecular weight is 291 g/mol. The third kappa shape index (κ3) is 4.45. The lowest BCUT2D eigenvalue weighted by atomic mass is 9.86. The van der Waals surface area contributed by atoms with Gasteiger partial charge < -0.3 is 15.2 Å². The van der Waals surface area contributed by atoms with Gasteiger partial charge in [0.25, 0.3) is 0 Å². The Hall–Kier alpha value is -1.06. The molecule has 0 spiro atoms. The molecule has 3 nitrogen and oxygen atoms in total. The average Bonchev–Trinajstić information content (AvgIpc) is 2.43.